The SMILES string of the molecule is N#CC1CCCCC1C(N)C(N)=O. The van der Waals surface area contributed by atoms with E-state index in [0.717, 1.165) is 25.7 Å². The largest absolute Gasteiger partial charge is 0.368 e. The van der Waals surface area contributed by atoms with Crippen molar-refractivity contribution < 1.29 is 4.79 Å². The van der Waals surface area contributed by atoms with E-state index in [4.69, 9.17) is 16.7 Å². The molecule has 13 heavy (non-hydrogen) atoms. The molecular weight excluding hydrogens is 166 g/mol. The molecule has 4 N–H and O–H groups in total. The van der Waals surface area contributed by atoms with Gasteiger partial charge in [-0.15, -0.1) is 0 Å². The molecule has 0 aromatic heterocycles. The van der Waals surface area contributed by atoms with Crippen LogP contribution in [0.4, 0.5) is 0 Å². The molecule has 1 fully saturated rings. The molecule has 1 amide bonds. The zero-order valence-electron chi connectivity index (χ0n) is 7.57. The molecule has 4 nitrogen and oxygen atoms in total. The Balaban J connectivity index is 2.65. The average molecular weight is 181 g/mol. The second-order valence-corrected chi connectivity index (χ2v) is 3.61. The maximum absolute atomic E-state index is 10.8. The van der Waals surface area contributed by atoms with Gasteiger partial charge in [-0.05, 0) is 18.8 Å². The zero-order chi connectivity index (χ0) is 9.84. The Hall–Kier alpha value is -1.08. The molecule has 0 aromatic carbocycles. The van der Waals surface area contributed by atoms with Crippen LogP contribution in [0.25, 0.3) is 0 Å². The van der Waals surface area contributed by atoms with Crippen molar-refractivity contribution in [1.29, 1.82) is 5.26 Å². The summed E-state index contributed by atoms with van der Waals surface area (Å²) >= 11 is 0. The van der Waals surface area contributed by atoms with Gasteiger partial charge in [0.1, 0.15) is 0 Å². The molecule has 72 valence electrons. The predicted molar refractivity (Wildman–Crippen MR) is 48.2 cm³/mol. The summed E-state index contributed by atoms with van der Waals surface area (Å²) in [6.07, 6.45) is 3.80. The normalized spacial score (nSPS) is 30.5. The third kappa shape index (κ3) is 2.19. The minimum Gasteiger partial charge on any atom is -0.368 e. The van der Waals surface area contributed by atoms with E-state index in [-0.39, 0.29) is 11.8 Å². The number of nitrogens with two attached hydrogens (primary N) is 2. The Kier molecular flexibility index (Phi) is 3.26. The molecule has 0 aromatic rings. The number of carbonyl (C=O) groups is 1. The van der Waals surface area contributed by atoms with Crippen LogP contribution in [0.15, 0.2) is 0 Å². The fraction of sp³-hybridized carbons (Fsp3) is 0.778. The molecule has 1 saturated carbocycles. The van der Waals surface area contributed by atoms with Gasteiger partial charge in [-0.1, -0.05) is 12.8 Å². The standard InChI is InChI=1S/C9H15N3O/c10-5-6-3-1-2-4-7(6)8(11)9(12)13/h6-8H,1-4,11H2,(H2,12,13). The summed E-state index contributed by atoms with van der Waals surface area (Å²) in [5, 5.41) is 8.83. The zero-order valence-corrected chi connectivity index (χ0v) is 7.57. The molecule has 1 aliphatic carbocycles. The van der Waals surface area contributed by atoms with Crippen molar-refractivity contribution in [2.75, 3.05) is 0 Å². The molecule has 1 aliphatic rings. The van der Waals surface area contributed by atoms with Gasteiger partial charge < -0.3 is 11.5 Å². The van der Waals surface area contributed by atoms with Crippen LogP contribution in [-0.2, 0) is 4.79 Å². The Labute approximate surface area is 77.9 Å². The highest BCUT2D eigenvalue weighted by Gasteiger charge is 2.32. The van der Waals surface area contributed by atoms with Crippen molar-refractivity contribution in [1.82, 2.24) is 0 Å². The van der Waals surface area contributed by atoms with Crippen LogP contribution in [-0.4, -0.2) is 11.9 Å². The molecule has 3 unspecified atom stereocenters. The van der Waals surface area contributed by atoms with E-state index in [1.807, 2.05) is 0 Å². The summed E-state index contributed by atoms with van der Waals surface area (Å²) in [4.78, 5) is 10.8. The smallest absolute Gasteiger partial charge is 0.234 e. The maximum atomic E-state index is 10.8. The van der Waals surface area contributed by atoms with Gasteiger partial charge in [0.25, 0.3) is 0 Å². The Morgan fingerprint density at radius 2 is 2.08 bits per heavy atom. The number of rotatable bonds is 2. The van der Waals surface area contributed by atoms with Crippen LogP contribution in [0.3, 0.4) is 0 Å². The fourth-order valence-corrected chi connectivity index (χ4v) is 1.96. The number of carbonyl (C=O) groups excluding carboxylic acids is 1. The van der Waals surface area contributed by atoms with Gasteiger partial charge in [0.2, 0.25) is 5.91 Å². The topological polar surface area (TPSA) is 92.9 Å². The van der Waals surface area contributed by atoms with Crippen LogP contribution in [0, 0.1) is 23.2 Å². The molecule has 0 aliphatic heterocycles. The minimum atomic E-state index is -0.648. The third-order valence-electron chi connectivity index (χ3n) is 2.78. The van der Waals surface area contributed by atoms with Crippen molar-refractivity contribution in [3.8, 4) is 6.07 Å². The highest BCUT2D eigenvalue weighted by Crippen LogP contribution is 2.31. The molecular formula is C9H15N3O. The highest BCUT2D eigenvalue weighted by atomic mass is 16.1. The first-order valence-electron chi connectivity index (χ1n) is 4.61. The van der Waals surface area contributed by atoms with Gasteiger partial charge in [-0.2, -0.15) is 5.26 Å². The number of primary amides is 1. The first-order chi connectivity index (χ1) is 6.16. The van der Waals surface area contributed by atoms with Crippen molar-refractivity contribution in [3.63, 3.8) is 0 Å². The molecule has 0 heterocycles. The average Bonchev–Trinajstić information content (AvgIpc) is 2.16. The minimum absolute atomic E-state index is 0.0313. The van der Waals surface area contributed by atoms with Crippen LogP contribution in [0.1, 0.15) is 25.7 Å². The molecule has 1 rings (SSSR count). The van der Waals surface area contributed by atoms with E-state index in [9.17, 15) is 4.79 Å². The van der Waals surface area contributed by atoms with E-state index in [1.54, 1.807) is 0 Å². The van der Waals surface area contributed by atoms with Gasteiger partial charge in [-0.25, -0.2) is 0 Å². The van der Waals surface area contributed by atoms with Crippen LogP contribution >= 0.6 is 0 Å². The van der Waals surface area contributed by atoms with Gasteiger partial charge in [0.05, 0.1) is 18.0 Å². The highest BCUT2D eigenvalue weighted by molar-refractivity contribution is 5.80. The lowest BCUT2D eigenvalue weighted by Gasteiger charge is -2.29. The van der Waals surface area contributed by atoms with E-state index < -0.39 is 11.9 Å². The van der Waals surface area contributed by atoms with E-state index in [2.05, 4.69) is 6.07 Å². The molecule has 0 radical (unpaired) electrons. The lowest BCUT2D eigenvalue weighted by atomic mass is 9.76. The van der Waals surface area contributed by atoms with E-state index >= 15 is 0 Å². The summed E-state index contributed by atoms with van der Waals surface area (Å²) in [6.45, 7) is 0. The summed E-state index contributed by atoms with van der Waals surface area (Å²) in [7, 11) is 0. The van der Waals surface area contributed by atoms with Gasteiger partial charge in [0.15, 0.2) is 0 Å². The maximum Gasteiger partial charge on any atom is 0.234 e. The number of nitrogens with zero attached hydrogens (tertiary/aromatic N) is 1. The van der Waals surface area contributed by atoms with Gasteiger partial charge in [0, 0.05) is 0 Å². The summed E-state index contributed by atoms with van der Waals surface area (Å²) in [5.41, 5.74) is 10.7. The predicted octanol–water partition coefficient (Wildman–Crippen LogP) is 0.129. The molecule has 0 bridgehead atoms. The Morgan fingerprint density at radius 1 is 1.46 bits per heavy atom. The van der Waals surface area contributed by atoms with Crippen molar-refractivity contribution in [3.05, 3.63) is 0 Å². The van der Waals surface area contributed by atoms with Crippen molar-refractivity contribution in [2.45, 2.75) is 31.7 Å². The van der Waals surface area contributed by atoms with Crippen LogP contribution < -0.4 is 11.5 Å². The molecule has 4 heteroatoms. The summed E-state index contributed by atoms with van der Waals surface area (Å²) in [5.74, 6) is -0.611. The Morgan fingerprint density at radius 3 is 2.62 bits per heavy atom. The van der Waals surface area contributed by atoms with Crippen LogP contribution in [0.2, 0.25) is 0 Å². The summed E-state index contributed by atoms with van der Waals surface area (Å²) < 4.78 is 0. The number of nitriles is 1. The second kappa shape index (κ2) is 4.24. The summed E-state index contributed by atoms with van der Waals surface area (Å²) in [6, 6.07) is 1.55. The van der Waals surface area contributed by atoms with Crippen molar-refractivity contribution >= 4 is 5.91 Å². The van der Waals surface area contributed by atoms with E-state index in [0.29, 0.717) is 0 Å². The van der Waals surface area contributed by atoms with E-state index in [1.165, 1.54) is 0 Å². The van der Waals surface area contributed by atoms with Gasteiger partial charge in [-0.3, -0.25) is 4.79 Å². The second-order valence-electron chi connectivity index (χ2n) is 3.61. The first kappa shape index (κ1) is 10.0. The number of hydrogen-bond donors (Lipinski definition) is 2. The third-order valence-corrected chi connectivity index (χ3v) is 2.78. The quantitative estimate of drug-likeness (QED) is 0.634. The molecule has 3 atom stereocenters. The molecule has 0 saturated heterocycles. The first-order valence-corrected chi connectivity index (χ1v) is 4.61. The number of amides is 1. The van der Waals surface area contributed by atoms with Crippen LogP contribution in [0.5, 0.6) is 0 Å². The fourth-order valence-electron chi connectivity index (χ4n) is 1.96. The number of hydrogen-bond acceptors (Lipinski definition) is 3. The van der Waals surface area contributed by atoms with Crippen molar-refractivity contribution in [2.24, 2.45) is 23.3 Å². The monoisotopic (exact) mass is 181 g/mol. The Bertz CT molecular complexity index is 234. The molecule has 0 spiro atoms. The lowest BCUT2D eigenvalue weighted by Crippen LogP contribution is -2.46. The van der Waals surface area contributed by atoms with Gasteiger partial charge >= 0.3 is 0 Å². The lowest BCUT2D eigenvalue weighted by molar-refractivity contribution is -0.120.